The summed E-state index contributed by atoms with van der Waals surface area (Å²) < 4.78 is 5.49. The Balaban J connectivity index is 1.94. The smallest absolute Gasteiger partial charge is 0.303 e. The van der Waals surface area contributed by atoms with Gasteiger partial charge in [0.05, 0.1) is 6.61 Å². The topological polar surface area (TPSA) is 58.6 Å². The molecule has 4 heteroatoms. The maximum Gasteiger partial charge on any atom is 0.303 e. The highest BCUT2D eigenvalue weighted by Crippen LogP contribution is 2.16. The largest absolute Gasteiger partial charge is 0.494 e. The Kier molecular flexibility index (Phi) is 5.83. The first-order chi connectivity index (χ1) is 10.7. The van der Waals surface area contributed by atoms with Crippen LogP contribution in [0.4, 0.5) is 5.69 Å². The molecule has 0 spiro atoms. The lowest BCUT2D eigenvalue weighted by molar-refractivity contribution is -0.136. The van der Waals surface area contributed by atoms with Crippen LogP contribution in [-0.4, -0.2) is 17.7 Å². The molecule has 0 aliphatic rings. The van der Waals surface area contributed by atoms with Gasteiger partial charge in [-0.1, -0.05) is 24.3 Å². The average Bonchev–Trinajstić information content (AvgIpc) is 2.52. The molecule has 2 aromatic rings. The van der Waals surface area contributed by atoms with E-state index in [1.807, 2.05) is 55.5 Å². The maximum atomic E-state index is 10.6. The van der Waals surface area contributed by atoms with E-state index in [1.165, 1.54) is 0 Å². The van der Waals surface area contributed by atoms with Gasteiger partial charge < -0.3 is 15.2 Å². The molecule has 0 radical (unpaired) electrons. The molecule has 0 atom stereocenters. The van der Waals surface area contributed by atoms with Crippen molar-refractivity contribution in [1.29, 1.82) is 0 Å². The number of carbonyl (C=O) groups is 1. The molecular formula is C18H21NO3. The summed E-state index contributed by atoms with van der Waals surface area (Å²) in [5.41, 5.74) is 3.15. The Morgan fingerprint density at radius 2 is 1.91 bits per heavy atom. The van der Waals surface area contributed by atoms with Gasteiger partial charge in [0.25, 0.3) is 0 Å². The van der Waals surface area contributed by atoms with Crippen LogP contribution >= 0.6 is 0 Å². The van der Waals surface area contributed by atoms with Crippen molar-refractivity contribution in [1.82, 2.24) is 0 Å². The Hall–Kier alpha value is -2.49. The molecule has 0 fully saturated rings. The fourth-order valence-corrected chi connectivity index (χ4v) is 2.20. The van der Waals surface area contributed by atoms with Gasteiger partial charge in [0.2, 0.25) is 0 Å². The van der Waals surface area contributed by atoms with Gasteiger partial charge in [-0.3, -0.25) is 4.79 Å². The van der Waals surface area contributed by atoms with Gasteiger partial charge in [0.15, 0.2) is 0 Å². The second-order valence-electron chi connectivity index (χ2n) is 5.03. The Labute approximate surface area is 130 Å². The molecule has 2 N–H and O–H groups in total. The molecule has 0 aliphatic heterocycles. The maximum absolute atomic E-state index is 10.6. The highest BCUT2D eigenvalue weighted by atomic mass is 16.5. The molecule has 2 aromatic carbocycles. The first kappa shape index (κ1) is 15.9. The zero-order valence-corrected chi connectivity index (χ0v) is 12.7. The van der Waals surface area contributed by atoms with Crippen LogP contribution in [0.5, 0.6) is 5.75 Å². The number of ether oxygens (including phenoxy) is 1. The van der Waals surface area contributed by atoms with Gasteiger partial charge in [-0.2, -0.15) is 0 Å². The van der Waals surface area contributed by atoms with Crippen LogP contribution in [0.2, 0.25) is 0 Å². The van der Waals surface area contributed by atoms with E-state index < -0.39 is 5.97 Å². The Morgan fingerprint density at radius 3 is 2.68 bits per heavy atom. The zero-order chi connectivity index (χ0) is 15.8. The number of carboxylic acids is 1. The van der Waals surface area contributed by atoms with E-state index in [0.717, 1.165) is 22.6 Å². The quantitative estimate of drug-likeness (QED) is 0.780. The summed E-state index contributed by atoms with van der Waals surface area (Å²) in [7, 11) is 0. The van der Waals surface area contributed by atoms with Gasteiger partial charge in [0, 0.05) is 18.7 Å². The lowest BCUT2D eigenvalue weighted by atomic mass is 10.1. The van der Waals surface area contributed by atoms with Crippen molar-refractivity contribution in [2.24, 2.45) is 0 Å². The Bertz CT molecular complexity index is 625. The second-order valence-corrected chi connectivity index (χ2v) is 5.03. The first-order valence-corrected chi connectivity index (χ1v) is 7.43. The summed E-state index contributed by atoms with van der Waals surface area (Å²) in [5.74, 6) is 0.100. The van der Waals surface area contributed by atoms with Gasteiger partial charge in [0.1, 0.15) is 5.75 Å². The minimum absolute atomic E-state index is 0.153. The standard InChI is InChI=1S/C18H21NO3/c1-2-22-17-8-4-6-15(12-17)13-19-16-7-3-5-14(11-16)9-10-18(20)21/h3-8,11-12,19H,2,9-10,13H2,1H3,(H,20,21). The van der Waals surface area contributed by atoms with Crippen molar-refractivity contribution in [2.75, 3.05) is 11.9 Å². The van der Waals surface area contributed by atoms with E-state index in [4.69, 9.17) is 9.84 Å². The lowest BCUT2D eigenvalue weighted by Crippen LogP contribution is -2.01. The van der Waals surface area contributed by atoms with E-state index >= 15 is 0 Å². The fraction of sp³-hybridized carbons (Fsp3) is 0.278. The number of hydrogen-bond donors (Lipinski definition) is 2. The molecule has 0 unspecified atom stereocenters. The average molecular weight is 299 g/mol. The summed E-state index contributed by atoms with van der Waals surface area (Å²) in [5, 5.41) is 12.1. The van der Waals surface area contributed by atoms with Crippen molar-refractivity contribution in [3.63, 3.8) is 0 Å². The number of aryl methyl sites for hydroxylation is 1. The third-order valence-corrected chi connectivity index (χ3v) is 3.26. The molecule has 2 rings (SSSR count). The summed E-state index contributed by atoms with van der Waals surface area (Å²) in [6.45, 7) is 3.32. The highest BCUT2D eigenvalue weighted by Gasteiger charge is 2.01. The van der Waals surface area contributed by atoms with E-state index in [0.29, 0.717) is 19.6 Å². The van der Waals surface area contributed by atoms with Crippen LogP contribution in [0, 0.1) is 0 Å². The molecule has 0 saturated heterocycles. The van der Waals surface area contributed by atoms with Crippen LogP contribution < -0.4 is 10.1 Å². The van der Waals surface area contributed by atoms with Gasteiger partial charge in [-0.05, 0) is 48.7 Å². The Morgan fingerprint density at radius 1 is 1.14 bits per heavy atom. The van der Waals surface area contributed by atoms with Crippen molar-refractivity contribution in [2.45, 2.75) is 26.3 Å². The summed E-state index contributed by atoms with van der Waals surface area (Å²) >= 11 is 0. The van der Waals surface area contributed by atoms with E-state index in [2.05, 4.69) is 5.32 Å². The SMILES string of the molecule is CCOc1cccc(CNc2cccc(CCC(=O)O)c2)c1. The minimum Gasteiger partial charge on any atom is -0.494 e. The van der Waals surface area contributed by atoms with Gasteiger partial charge >= 0.3 is 5.97 Å². The predicted octanol–water partition coefficient (Wildman–Crippen LogP) is 3.71. The number of aliphatic carboxylic acids is 1. The third-order valence-electron chi connectivity index (χ3n) is 3.26. The lowest BCUT2D eigenvalue weighted by Gasteiger charge is -2.10. The van der Waals surface area contributed by atoms with Crippen molar-refractivity contribution < 1.29 is 14.6 Å². The molecule has 116 valence electrons. The molecule has 22 heavy (non-hydrogen) atoms. The number of nitrogens with one attached hydrogen (secondary N) is 1. The fourth-order valence-electron chi connectivity index (χ4n) is 2.20. The summed E-state index contributed by atoms with van der Waals surface area (Å²) in [6.07, 6.45) is 0.699. The summed E-state index contributed by atoms with van der Waals surface area (Å²) in [6, 6.07) is 15.9. The molecular weight excluding hydrogens is 278 g/mol. The third kappa shape index (κ3) is 5.13. The van der Waals surface area contributed by atoms with E-state index in [1.54, 1.807) is 0 Å². The van der Waals surface area contributed by atoms with E-state index in [-0.39, 0.29) is 6.42 Å². The zero-order valence-electron chi connectivity index (χ0n) is 12.7. The molecule has 0 bridgehead atoms. The summed E-state index contributed by atoms with van der Waals surface area (Å²) in [4.78, 5) is 10.6. The van der Waals surface area contributed by atoms with Crippen LogP contribution in [0.25, 0.3) is 0 Å². The van der Waals surface area contributed by atoms with Crippen molar-refractivity contribution in [3.05, 3.63) is 59.7 Å². The number of anilines is 1. The molecule has 0 saturated carbocycles. The molecule has 0 aromatic heterocycles. The number of rotatable bonds is 8. The van der Waals surface area contributed by atoms with Gasteiger partial charge in [-0.15, -0.1) is 0 Å². The monoisotopic (exact) mass is 299 g/mol. The normalized spacial score (nSPS) is 10.2. The van der Waals surface area contributed by atoms with Crippen LogP contribution in [0.15, 0.2) is 48.5 Å². The van der Waals surface area contributed by atoms with Crippen molar-refractivity contribution in [3.8, 4) is 5.75 Å². The molecule has 0 heterocycles. The number of carboxylic acid groups (broad SMARTS) is 1. The van der Waals surface area contributed by atoms with Crippen LogP contribution in [0.3, 0.4) is 0 Å². The predicted molar refractivity (Wildman–Crippen MR) is 87.3 cm³/mol. The molecule has 0 aliphatic carbocycles. The number of hydrogen-bond acceptors (Lipinski definition) is 3. The number of benzene rings is 2. The molecule has 0 amide bonds. The first-order valence-electron chi connectivity index (χ1n) is 7.43. The highest BCUT2D eigenvalue weighted by molar-refractivity contribution is 5.67. The van der Waals surface area contributed by atoms with Gasteiger partial charge in [-0.25, -0.2) is 0 Å². The van der Waals surface area contributed by atoms with Crippen LogP contribution in [0.1, 0.15) is 24.5 Å². The van der Waals surface area contributed by atoms with E-state index in [9.17, 15) is 4.79 Å². The molecule has 4 nitrogen and oxygen atoms in total. The van der Waals surface area contributed by atoms with Crippen LogP contribution in [-0.2, 0) is 17.8 Å². The second kappa shape index (κ2) is 8.08. The minimum atomic E-state index is -0.772. The van der Waals surface area contributed by atoms with Crippen molar-refractivity contribution >= 4 is 11.7 Å².